The summed E-state index contributed by atoms with van der Waals surface area (Å²) in [6.45, 7) is 1.31. The summed E-state index contributed by atoms with van der Waals surface area (Å²) in [6.07, 6.45) is 0. The average molecular weight is 448 g/mol. The minimum absolute atomic E-state index is 0.432. The van der Waals surface area contributed by atoms with Crippen molar-refractivity contribution in [2.45, 2.75) is 22.9 Å². The van der Waals surface area contributed by atoms with Crippen LogP contribution in [0.3, 0.4) is 0 Å². The number of primary amides is 1. The maximum absolute atomic E-state index is 12.0. The summed E-state index contributed by atoms with van der Waals surface area (Å²) in [5.41, 5.74) is 9.11. The van der Waals surface area contributed by atoms with Gasteiger partial charge in [-0.1, -0.05) is 48.2 Å². The lowest BCUT2D eigenvalue weighted by atomic mass is 10.1. The minimum atomic E-state index is -0.467. The third kappa shape index (κ3) is 4.74. The summed E-state index contributed by atoms with van der Waals surface area (Å²) < 4.78 is 10.7. The Morgan fingerprint density at radius 3 is 2.53 bits per heavy atom. The standard InChI is InChI=1S/C25H25N3O3S/c1-30-18-10-9-17(22(13-18)31-2)15-27-14-16-8-11-20-21(12-16)28-23(25(26)29)24(20)32-19-6-4-3-5-7-19/h3-13,27-28H,14-15H2,1-2H3,(H2,26,29). The summed E-state index contributed by atoms with van der Waals surface area (Å²) in [5, 5.41) is 4.43. The summed E-state index contributed by atoms with van der Waals surface area (Å²) in [6, 6.07) is 21.9. The van der Waals surface area contributed by atoms with Crippen LogP contribution in [0, 0.1) is 0 Å². The number of hydrogen-bond acceptors (Lipinski definition) is 5. The van der Waals surface area contributed by atoms with Crippen LogP contribution in [0.25, 0.3) is 10.9 Å². The van der Waals surface area contributed by atoms with Crippen molar-refractivity contribution in [3.05, 3.63) is 83.6 Å². The van der Waals surface area contributed by atoms with Gasteiger partial charge in [0.15, 0.2) is 0 Å². The van der Waals surface area contributed by atoms with Gasteiger partial charge in [0.05, 0.1) is 19.1 Å². The Kier molecular flexibility index (Phi) is 6.68. The Morgan fingerprint density at radius 1 is 1.00 bits per heavy atom. The molecule has 0 saturated heterocycles. The van der Waals surface area contributed by atoms with Gasteiger partial charge in [-0.25, -0.2) is 0 Å². The van der Waals surface area contributed by atoms with Gasteiger partial charge in [-0.2, -0.15) is 0 Å². The van der Waals surface area contributed by atoms with E-state index >= 15 is 0 Å². The van der Waals surface area contributed by atoms with Crippen molar-refractivity contribution >= 4 is 28.6 Å². The number of nitrogens with one attached hydrogen (secondary N) is 2. The van der Waals surface area contributed by atoms with Crippen molar-refractivity contribution in [2.24, 2.45) is 5.73 Å². The third-order valence-corrected chi connectivity index (χ3v) is 6.30. The fourth-order valence-electron chi connectivity index (χ4n) is 3.55. The third-order valence-electron chi connectivity index (χ3n) is 5.16. The van der Waals surface area contributed by atoms with Crippen LogP contribution in [0.15, 0.2) is 76.5 Å². The second kappa shape index (κ2) is 9.80. The number of carbonyl (C=O) groups is 1. The first-order chi connectivity index (χ1) is 15.6. The smallest absolute Gasteiger partial charge is 0.266 e. The zero-order valence-corrected chi connectivity index (χ0v) is 18.8. The molecule has 0 spiro atoms. The lowest BCUT2D eigenvalue weighted by Crippen LogP contribution is -2.13. The lowest BCUT2D eigenvalue weighted by molar-refractivity contribution is 0.0993. The van der Waals surface area contributed by atoms with Gasteiger partial charge in [0.25, 0.3) is 5.91 Å². The predicted molar refractivity (Wildman–Crippen MR) is 127 cm³/mol. The Bertz CT molecular complexity index is 1240. The van der Waals surface area contributed by atoms with Gasteiger partial charge in [0.2, 0.25) is 0 Å². The molecule has 0 fully saturated rings. The van der Waals surface area contributed by atoms with E-state index in [-0.39, 0.29) is 0 Å². The molecule has 32 heavy (non-hydrogen) atoms. The molecule has 4 aromatic rings. The van der Waals surface area contributed by atoms with E-state index in [9.17, 15) is 4.79 Å². The van der Waals surface area contributed by atoms with Crippen LogP contribution < -0.4 is 20.5 Å². The molecule has 3 aromatic carbocycles. The van der Waals surface area contributed by atoms with Crippen LogP contribution in [0.2, 0.25) is 0 Å². The number of benzene rings is 3. The summed E-state index contributed by atoms with van der Waals surface area (Å²) in [7, 11) is 3.29. The van der Waals surface area contributed by atoms with E-state index in [0.29, 0.717) is 18.8 Å². The van der Waals surface area contributed by atoms with Crippen molar-refractivity contribution in [1.29, 1.82) is 0 Å². The Hall–Kier alpha value is -3.42. The number of nitrogens with two attached hydrogens (primary N) is 1. The molecule has 4 N–H and O–H groups in total. The molecule has 6 nitrogen and oxygen atoms in total. The first kappa shape index (κ1) is 21.8. The molecule has 0 atom stereocenters. The highest BCUT2D eigenvalue weighted by Crippen LogP contribution is 2.37. The molecular weight excluding hydrogens is 422 g/mol. The fourth-order valence-corrected chi connectivity index (χ4v) is 4.62. The average Bonchev–Trinajstić information content (AvgIpc) is 3.17. The van der Waals surface area contributed by atoms with Crippen molar-refractivity contribution in [3.63, 3.8) is 0 Å². The summed E-state index contributed by atoms with van der Waals surface area (Å²) in [4.78, 5) is 17.2. The molecule has 0 saturated carbocycles. The van der Waals surface area contributed by atoms with Crippen LogP contribution in [-0.2, 0) is 13.1 Å². The van der Waals surface area contributed by atoms with E-state index in [1.165, 1.54) is 11.8 Å². The number of hydrogen-bond donors (Lipinski definition) is 3. The largest absolute Gasteiger partial charge is 0.497 e. The Morgan fingerprint density at radius 2 is 1.81 bits per heavy atom. The molecule has 1 heterocycles. The van der Waals surface area contributed by atoms with Crippen LogP contribution in [0.4, 0.5) is 0 Å². The molecule has 0 bridgehead atoms. The minimum Gasteiger partial charge on any atom is -0.497 e. The molecule has 164 valence electrons. The monoisotopic (exact) mass is 447 g/mol. The highest BCUT2D eigenvalue weighted by molar-refractivity contribution is 7.99. The maximum Gasteiger partial charge on any atom is 0.266 e. The van der Waals surface area contributed by atoms with Crippen molar-refractivity contribution in [3.8, 4) is 11.5 Å². The molecule has 0 radical (unpaired) electrons. The predicted octanol–water partition coefficient (Wildman–Crippen LogP) is 4.73. The van der Waals surface area contributed by atoms with Gasteiger partial charge in [-0.05, 0) is 29.8 Å². The van der Waals surface area contributed by atoms with Gasteiger partial charge >= 0.3 is 0 Å². The molecule has 1 amide bonds. The number of aromatic amines is 1. The molecule has 0 unspecified atom stereocenters. The van der Waals surface area contributed by atoms with Gasteiger partial charge < -0.3 is 25.5 Å². The normalized spacial score (nSPS) is 10.9. The number of H-pyrrole nitrogens is 1. The topological polar surface area (TPSA) is 89.4 Å². The zero-order chi connectivity index (χ0) is 22.5. The second-order valence-corrected chi connectivity index (χ2v) is 8.35. The van der Waals surface area contributed by atoms with E-state index in [4.69, 9.17) is 15.2 Å². The van der Waals surface area contributed by atoms with Crippen LogP contribution in [0.1, 0.15) is 21.6 Å². The van der Waals surface area contributed by atoms with Crippen LogP contribution >= 0.6 is 11.8 Å². The summed E-state index contributed by atoms with van der Waals surface area (Å²) in [5.74, 6) is 1.08. The van der Waals surface area contributed by atoms with Crippen LogP contribution in [0.5, 0.6) is 11.5 Å². The zero-order valence-electron chi connectivity index (χ0n) is 18.0. The van der Waals surface area contributed by atoms with Crippen molar-refractivity contribution in [1.82, 2.24) is 10.3 Å². The first-order valence-electron chi connectivity index (χ1n) is 10.2. The molecule has 0 aliphatic heterocycles. The molecule has 1 aromatic heterocycles. The van der Waals surface area contributed by atoms with E-state index in [1.54, 1.807) is 14.2 Å². The van der Waals surface area contributed by atoms with Gasteiger partial charge in [0, 0.05) is 40.5 Å². The van der Waals surface area contributed by atoms with Gasteiger partial charge in [-0.15, -0.1) is 0 Å². The highest BCUT2D eigenvalue weighted by Gasteiger charge is 2.17. The Balaban J connectivity index is 1.52. The first-order valence-corrected chi connectivity index (χ1v) is 11.0. The quantitative estimate of drug-likeness (QED) is 0.345. The molecule has 4 rings (SSSR count). The van der Waals surface area contributed by atoms with E-state index in [0.717, 1.165) is 43.3 Å². The number of amides is 1. The number of rotatable bonds is 9. The Labute approximate surface area is 191 Å². The molecular formula is C25H25N3O3S. The number of fused-ring (bicyclic) bond motifs is 1. The van der Waals surface area contributed by atoms with E-state index < -0.39 is 5.91 Å². The molecule has 0 aliphatic rings. The summed E-state index contributed by atoms with van der Waals surface area (Å²) >= 11 is 1.53. The molecule has 0 aliphatic carbocycles. The molecule has 7 heteroatoms. The van der Waals surface area contributed by atoms with E-state index in [2.05, 4.69) is 22.4 Å². The highest BCUT2D eigenvalue weighted by atomic mass is 32.2. The van der Waals surface area contributed by atoms with Crippen molar-refractivity contribution < 1.29 is 14.3 Å². The van der Waals surface area contributed by atoms with Crippen molar-refractivity contribution in [2.75, 3.05) is 14.2 Å². The van der Waals surface area contributed by atoms with Crippen LogP contribution in [-0.4, -0.2) is 25.1 Å². The number of aromatic nitrogens is 1. The number of methoxy groups -OCH3 is 2. The lowest BCUT2D eigenvalue weighted by Gasteiger charge is -2.11. The second-order valence-electron chi connectivity index (χ2n) is 7.27. The maximum atomic E-state index is 12.0. The van der Waals surface area contributed by atoms with Gasteiger partial charge in [0.1, 0.15) is 17.2 Å². The number of ether oxygens (including phenoxy) is 2. The SMILES string of the molecule is COc1ccc(CNCc2ccc3c(Sc4ccccc4)c(C(N)=O)[nH]c3c2)c(OC)c1. The number of carbonyl (C=O) groups excluding carboxylic acids is 1. The van der Waals surface area contributed by atoms with E-state index in [1.807, 2.05) is 54.6 Å². The van der Waals surface area contributed by atoms with Gasteiger partial charge in [-0.3, -0.25) is 4.79 Å². The fraction of sp³-hybridized carbons (Fsp3) is 0.160.